The zero-order valence-electron chi connectivity index (χ0n) is 10.5. The van der Waals surface area contributed by atoms with Crippen LogP contribution in [-0.4, -0.2) is 31.8 Å². The Hall–Kier alpha value is -0.770. The van der Waals surface area contributed by atoms with E-state index in [9.17, 15) is 0 Å². The zero-order chi connectivity index (χ0) is 11.7. The minimum Gasteiger partial charge on any atom is -0.381 e. The first-order valence-electron chi connectivity index (χ1n) is 6.93. The minimum absolute atomic E-state index is 0.543. The molecule has 1 saturated heterocycles. The molecular weight excluding hydrogens is 214 g/mol. The molecule has 17 heavy (non-hydrogen) atoms. The van der Waals surface area contributed by atoms with Crippen LogP contribution in [0.1, 0.15) is 38.5 Å². The first kappa shape index (κ1) is 11.3. The van der Waals surface area contributed by atoms with E-state index in [1.54, 1.807) is 0 Å². The van der Waals surface area contributed by atoms with E-state index in [0.29, 0.717) is 17.4 Å². The van der Waals surface area contributed by atoms with Crippen molar-refractivity contribution < 1.29 is 4.74 Å². The van der Waals surface area contributed by atoms with E-state index in [0.717, 1.165) is 25.7 Å². The Morgan fingerprint density at radius 1 is 1.24 bits per heavy atom. The number of nitrogens with one attached hydrogen (secondary N) is 1. The van der Waals surface area contributed by atoms with Gasteiger partial charge in [-0.1, -0.05) is 0 Å². The van der Waals surface area contributed by atoms with Gasteiger partial charge in [0.2, 0.25) is 0 Å². The van der Waals surface area contributed by atoms with Crippen LogP contribution in [0, 0.1) is 11.3 Å². The van der Waals surface area contributed by atoms with Crippen LogP contribution in [-0.2, 0) is 4.74 Å². The summed E-state index contributed by atoms with van der Waals surface area (Å²) in [6, 6.07) is 0.609. The maximum Gasteiger partial charge on any atom is 0.188 e. The van der Waals surface area contributed by atoms with Gasteiger partial charge in [-0.3, -0.25) is 4.99 Å². The highest BCUT2D eigenvalue weighted by Crippen LogP contribution is 2.53. The van der Waals surface area contributed by atoms with E-state index < -0.39 is 0 Å². The highest BCUT2D eigenvalue weighted by atomic mass is 16.5. The van der Waals surface area contributed by atoms with Crippen LogP contribution in [0.15, 0.2) is 4.99 Å². The summed E-state index contributed by atoms with van der Waals surface area (Å²) in [5, 5.41) is 3.25. The number of nitrogens with two attached hydrogens (primary N) is 1. The molecule has 1 atom stereocenters. The normalized spacial score (nSPS) is 32.2. The fourth-order valence-electron chi connectivity index (χ4n) is 3.17. The monoisotopic (exact) mass is 237 g/mol. The summed E-state index contributed by atoms with van der Waals surface area (Å²) in [5.41, 5.74) is 6.42. The van der Waals surface area contributed by atoms with Gasteiger partial charge in [-0.05, 0) is 49.9 Å². The summed E-state index contributed by atoms with van der Waals surface area (Å²) >= 11 is 0. The smallest absolute Gasteiger partial charge is 0.188 e. The number of hydrogen-bond donors (Lipinski definition) is 2. The molecule has 2 saturated carbocycles. The second-order valence-electron chi connectivity index (χ2n) is 5.85. The highest BCUT2D eigenvalue weighted by molar-refractivity contribution is 5.78. The van der Waals surface area contributed by atoms with Crippen LogP contribution in [0.5, 0.6) is 0 Å². The summed E-state index contributed by atoms with van der Waals surface area (Å²) < 4.78 is 5.46. The Morgan fingerprint density at radius 3 is 2.59 bits per heavy atom. The van der Waals surface area contributed by atoms with E-state index in [1.807, 2.05) is 0 Å². The van der Waals surface area contributed by atoms with Gasteiger partial charge in [-0.15, -0.1) is 0 Å². The maximum absolute atomic E-state index is 5.87. The molecule has 0 radical (unpaired) electrons. The third-order valence-electron chi connectivity index (χ3n) is 4.76. The number of ether oxygens (including phenoxy) is 1. The molecule has 96 valence electrons. The van der Waals surface area contributed by atoms with Crippen molar-refractivity contribution in [2.45, 2.75) is 44.6 Å². The molecule has 3 fully saturated rings. The predicted octanol–water partition coefficient (Wildman–Crippen LogP) is 1.26. The zero-order valence-corrected chi connectivity index (χ0v) is 10.5. The molecule has 4 nitrogen and oxygen atoms in total. The molecule has 0 aromatic rings. The molecule has 1 heterocycles. The molecule has 0 aromatic carbocycles. The predicted molar refractivity (Wildman–Crippen MR) is 67.9 cm³/mol. The van der Waals surface area contributed by atoms with Gasteiger partial charge in [0, 0.05) is 25.8 Å². The molecule has 1 unspecified atom stereocenters. The number of nitrogens with zero attached hydrogens (tertiary/aromatic N) is 1. The summed E-state index contributed by atoms with van der Waals surface area (Å²) in [6.07, 6.45) is 7.64. The third kappa shape index (κ3) is 2.41. The Bertz CT molecular complexity index is 306. The van der Waals surface area contributed by atoms with Crippen LogP contribution in [0.4, 0.5) is 0 Å². The Kier molecular flexibility index (Phi) is 2.99. The van der Waals surface area contributed by atoms with Crippen LogP contribution in [0.2, 0.25) is 0 Å². The van der Waals surface area contributed by atoms with Gasteiger partial charge in [-0.25, -0.2) is 0 Å². The highest BCUT2D eigenvalue weighted by Gasteiger charge is 2.46. The number of guanidine groups is 1. The lowest BCUT2D eigenvalue weighted by Gasteiger charge is -2.51. The van der Waals surface area contributed by atoms with Crippen LogP contribution >= 0.6 is 0 Å². The first-order valence-corrected chi connectivity index (χ1v) is 6.93. The van der Waals surface area contributed by atoms with Gasteiger partial charge >= 0.3 is 0 Å². The Labute approximate surface area is 103 Å². The molecule has 0 amide bonds. The second-order valence-corrected chi connectivity index (χ2v) is 5.85. The summed E-state index contributed by atoms with van der Waals surface area (Å²) in [6.45, 7) is 2.79. The molecule has 4 heteroatoms. The van der Waals surface area contributed by atoms with Gasteiger partial charge in [0.25, 0.3) is 0 Å². The largest absolute Gasteiger partial charge is 0.381 e. The molecule has 3 rings (SSSR count). The van der Waals surface area contributed by atoms with Crippen molar-refractivity contribution >= 4 is 5.96 Å². The maximum atomic E-state index is 5.87. The third-order valence-corrected chi connectivity index (χ3v) is 4.76. The number of rotatable bonds is 3. The van der Waals surface area contributed by atoms with Gasteiger partial charge in [-0.2, -0.15) is 0 Å². The van der Waals surface area contributed by atoms with Crippen molar-refractivity contribution in [3.05, 3.63) is 0 Å². The standard InChI is InChI=1S/C13H23N3O/c14-12(16-11-1-2-11)15-9-10-3-4-13(10)5-7-17-8-6-13/h10-11H,1-9H2,(H3,14,15,16). The van der Waals surface area contributed by atoms with E-state index in [-0.39, 0.29) is 0 Å². The van der Waals surface area contributed by atoms with E-state index in [4.69, 9.17) is 10.5 Å². The quantitative estimate of drug-likeness (QED) is 0.574. The average Bonchev–Trinajstić information content (AvgIpc) is 3.13. The fraction of sp³-hybridized carbons (Fsp3) is 0.923. The van der Waals surface area contributed by atoms with Gasteiger partial charge in [0.15, 0.2) is 5.96 Å². The molecule has 1 spiro atoms. The lowest BCUT2D eigenvalue weighted by atomic mass is 9.56. The van der Waals surface area contributed by atoms with Crippen molar-refractivity contribution in [3.63, 3.8) is 0 Å². The lowest BCUT2D eigenvalue weighted by molar-refractivity contribution is -0.0717. The Morgan fingerprint density at radius 2 is 2.00 bits per heavy atom. The van der Waals surface area contributed by atoms with Gasteiger partial charge < -0.3 is 15.8 Å². The second kappa shape index (κ2) is 4.48. The number of hydrogen-bond acceptors (Lipinski definition) is 2. The van der Waals surface area contributed by atoms with Crippen LogP contribution in [0.3, 0.4) is 0 Å². The average molecular weight is 237 g/mol. The summed E-state index contributed by atoms with van der Waals surface area (Å²) in [5.74, 6) is 1.40. The van der Waals surface area contributed by atoms with Crippen molar-refractivity contribution in [3.8, 4) is 0 Å². The van der Waals surface area contributed by atoms with Gasteiger partial charge in [0.1, 0.15) is 0 Å². The summed E-state index contributed by atoms with van der Waals surface area (Å²) in [7, 11) is 0. The molecule has 3 aliphatic rings. The molecule has 0 bridgehead atoms. The van der Waals surface area contributed by atoms with E-state index in [1.165, 1.54) is 38.5 Å². The minimum atomic E-state index is 0.543. The molecular formula is C13H23N3O. The van der Waals surface area contributed by atoms with Crippen molar-refractivity contribution in [2.75, 3.05) is 19.8 Å². The fourth-order valence-corrected chi connectivity index (χ4v) is 3.17. The lowest BCUT2D eigenvalue weighted by Crippen LogP contribution is -2.46. The first-order chi connectivity index (χ1) is 8.28. The van der Waals surface area contributed by atoms with Crippen molar-refractivity contribution in [2.24, 2.45) is 22.1 Å². The van der Waals surface area contributed by atoms with Gasteiger partial charge in [0.05, 0.1) is 0 Å². The molecule has 3 N–H and O–H groups in total. The Balaban J connectivity index is 1.50. The van der Waals surface area contributed by atoms with Crippen molar-refractivity contribution in [1.29, 1.82) is 0 Å². The van der Waals surface area contributed by atoms with E-state index >= 15 is 0 Å². The molecule has 2 aliphatic carbocycles. The van der Waals surface area contributed by atoms with E-state index in [2.05, 4.69) is 10.3 Å². The summed E-state index contributed by atoms with van der Waals surface area (Å²) in [4.78, 5) is 4.52. The van der Waals surface area contributed by atoms with Crippen molar-refractivity contribution in [1.82, 2.24) is 5.32 Å². The van der Waals surface area contributed by atoms with Crippen LogP contribution in [0.25, 0.3) is 0 Å². The topological polar surface area (TPSA) is 59.6 Å². The molecule has 0 aromatic heterocycles. The van der Waals surface area contributed by atoms with Crippen LogP contribution < -0.4 is 11.1 Å². The molecule has 1 aliphatic heterocycles. The number of aliphatic imine (C=N–C) groups is 1. The SMILES string of the molecule is NC(=NCC1CCC12CCOCC2)NC1CC1.